The van der Waals surface area contributed by atoms with Crippen LogP contribution in [0.15, 0.2) is 18.2 Å². The Kier molecular flexibility index (Phi) is 3.27. The second kappa shape index (κ2) is 4.67. The third-order valence-electron chi connectivity index (χ3n) is 3.25. The van der Waals surface area contributed by atoms with Gasteiger partial charge in [0.25, 0.3) is 0 Å². The number of fused-ring (bicyclic) bond motifs is 1. The van der Waals surface area contributed by atoms with Gasteiger partial charge in [-0.2, -0.15) is 0 Å². The van der Waals surface area contributed by atoms with Crippen molar-refractivity contribution in [1.29, 1.82) is 0 Å². The molecule has 0 amide bonds. The minimum absolute atomic E-state index is 0.292. The summed E-state index contributed by atoms with van der Waals surface area (Å²) in [6.07, 6.45) is 3.11. The highest BCUT2D eigenvalue weighted by molar-refractivity contribution is 5.56. The van der Waals surface area contributed by atoms with E-state index in [0.717, 1.165) is 25.8 Å². The molecule has 1 atom stereocenters. The lowest BCUT2D eigenvalue weighted by Gasteiger charge is -2.26. The fraction of sp³-hybridized carbons (Fsp3) is 0.538. The minimum atomic E-state index is 0.292. The van der Waals surface area contributed by atoms with Crippen LogP contribution in [0.5, 0.6) is 0 Å². The molecule has 0 aromatic heterocycles. The first-order valence-corrected chi connectivity index (χ1v) is 5.82. The van der Waals surface area contributed by atoms with Crippen molar-refractivity contribution in [2.45, 2.75) is 32.1 Å². The van der Waals surface area contributed by atoms with Crippen LogP contribution in [0.4, 0.5) is 5.69 Å². The van der Waals surface area contributed by atoms with Gasteiger partial charge in [-0.1, -0.05) is 19.1 Å². The zero-order valence-electron chi connectivity index (χ0n) is 9.29. The number of hydrogen-bond donors (Lipinski definition) is 2. The maximum atomic E-state index is 9.05. The molecule has 2 nitrogen and oxygen atoms in total. The summed E-state index contributed by atoms with van der Waals surface area (Å²) in [5.74, 6) is 0.540. The number of nitrogens with one attached hydrogen (secondary N) is 1. The standard InChI is InChI=1S/C13H19NO/c1-2-10-3-4-13-12(9-10)11(6-8-15)5-7-14-13/h3-4,9,11,14-15H,2,5-8H2,1H3. The van der Waals surface area contributed by atoms with Gasteiger partial charge in [-0.25, -0.2) is 0 Å². The summed E-state index contributed by atoms with van der Waals surface area (Å²) in [5.41, 5.74) is 4.05. The minimum Gasteiger partial charge on any atom is -0.396 e. The van der Waals surface area contributed by atoms with Crippen LogP contribution >= 0.6 is 0 Å². The van der Waals surface area contributed by atoms with Crippen molar-refractivity contribution in [2.24, 2.45) is 0 Å². The molecule has 1 aromatic carbocycles. The van der Waals surface area contributed by atoms with E-state index in [-0.39, 0.29) is 0 Å². The number of aliphatic hydroxyl groups excluding tert-OH is 1. The summed E-state index contributed by atoms with van der Waals surface area (Å²) >= 11 is 0. The smallest absolute Gasteiger partial charge is 0.0436 e. The molecule has 1 aromatic rings. The van der Waals surface area contributed by atoms with Crippen molar-refractivity contribution in [3.63, 3.8) is 0 Å². The van der Waals surface area contributed by atoms with Crippen molar-refractivity contribution in [3.8, 4) is 0 Å². The summed E-state index contributed by atoms with van der Waals surface area (Å²) in [4.78, 5) is 0. The van der Waals surface area contributed by atoms with Crippen molar-refractivity contribution >= 4 is 5.69 Å². The van der Waals surface area contributed by atoms with Crippen molar-refractivity contribution in [2.75, 3.05) is 18.5 Å². The fourth-order valence-electron chi connectivity index (χ4n) is 2.32. The number of benzene rings is 1. The molecule has 0 saturated heterocycles. The number of rotatable bonds is 3. The molecule has 1 unspecified atom stereocenters. The summed E-state index contributed by atoms with van der Waals surface area (Å²) in [7, 11) is 0. The average molecular weight is 205 g/mol. The Labute approximate surface area is 91.3 Å². The Morgan fingerprint density at radius 3 is 3.07 bits per heavy atom. The lowest BCUT2D eigenvalue weighted by molar-refractivity contribution is 0.273. The van der Waals surface area contributed by atoms with Crippen molar-refractivity contribution < 1.29 is 5.11 Å². The lowest BCUT2D eigenvalue weighted by atomic mass is 9.87. The summed E-state index contributed by atoms with van der Waals surface area (Å²) in [5, 5.41) is 12.5. The van der Waals surface area contributed by atoms with Gasteiger partial charge in [-0.3, -0.25) is 0 Å². The number of hydrogen-bond acceptors (Lipinski definition) is 2. The molecule has 0 bridgehead atoms. The van der Waals surface area contributed by atoms with Crippen molar-refractivity contribution in [3.05, 3.63) is 29.3 Å². The van der Waals surface area contributed by atoms with Gasteiger partial charge >= 0.3 is 0 Å². The highest BCUT2D eigenvalue weighted by Crippen LogP contribution is 2.34. The van der Waals surface area contributed by atoms with E-state index in [0.29, 0.717) is 12.5 Å². The van der Waals surface area contributed by atoms with E-state index in [1.165, 1.54) is 16.8 Å². The molecule has 1 aliphatic heterocycles. The molecule has 82 valence electrons. The molecule has 2 heteroatoms. The number of anilines is 1. The first-order chi connectivity index (χ1) is 7.35. The SMILES string of the molecule is CCc1ccc2c(c1)C(CCO)CCN2. The van der Waals surface area contributed by atoms with Gasteiger partial charge in [0.1, 0.15) is 0 Å². The highest BCUT2D eigenvalue weighted by atomic mass is 16.3. The van der Waals surface area contributed by atoms with Crippen LogP contribution in [0, 0.1) is 0 Å². The first-order valence-electron chi connectivity index (χ1n) is 5.82. The second-order valence-corrected chi connectivity index (χ2v) is 4.20. The van der Waals surface area contributed by atoms with Gasteiger partial charge in [0, 0.05) is 18.8 Å². The Morgan fingerprint density at radius 1 is 1.47 bits per heavy atom. The third kappa shape index (κ3) is 2.15. The van der Waals surface area contributed by atoms with Gasteiger partial charge in [0.05, 0.1) is 0 Å². The number of aliphatic hydroxyl groups is 1. The predicted molar refractivity (Wildman–Crippen MR) is 63.4 cm³/mol. The summed E-state index contributed by atoms with van der Waals surface area (Å²) < 4.78 is 0. The molecule has 2 N–H and O–H groups in total. The first kappa shape index (κ1) is 10.5. The molecule has 0 aliphatic carbocycles. The maximum absolute atomic E-state index is 9.05. The van der Waals surface area contributed by atoms with Gasteiger partial charge in [-0.15, -0.1) is 0 Å². The molecule has 0 spiro atoms. The molecule has 0 radical (unpaired) electrons. The lowest BCUT2D eigenvalue weighted by Crippen LogP contribution is -2.17. The topological polar surface area (TPSA) is 32.3 Å². The summed E-state index contributed by atoms with van der Waals surface area (Å²) in [6.45, 7) is 3.50. The molecular formula is C13H19NO. The summed E-state index contributed by atoms with van der Waals surface area (Å²) in [6, 6.07) is 6.66. The number of aryl methyl sites for hydroxylation is 1. The van der Waals surface area contributed by atoms with Gasteiger partial charge in [0.15, 0.2) is 0 Å². The largest absolute Gasteiger partial charge is 0.396 e. The van der Waals surface area contributed by atoms with E-state index in [1.807, 2.05) is 0 Å². The second-order valence-electron chi connectivity index (χ2n) is 4.20. The normalized spacial score (nSPS) is 19.5. The zero-order valence-corrected chi connectivity index (χ0v) is 9.29. The van der Waals surface area contributed by atoms with Crippen LogP contribution in [0.1, 0.15) is 36.8 Å². The van der Waals surface area contributed by atoms with E-state index in [2.05, 4.69) is 30.4 Å². The van der Waals surface area contributed by atoms with Gasteiger partial charge in [0.2, 0.25) is 0 Å². The van der Waals surface area contributed by atoms with Crippen LogP contribution in [0.25, 0.3) is 0 Å². The van der Waals surface area contributed by atoms with Crippen molar-refractivity contribution in [1.82, 2.24) is 0 Å². The van der Waals surface area contributed by atoms with Crippen LogP contribution in [-0.2, 0) is 6.42 Å². The molecule has 0 fully saturated rings. The third-order valence-corrected chi connectivity index (χ3v) is 3.25. The Bertz CT molecular complexity index is 335. The Hall–Kier alpha value is -1.02. The average Bonchev–Trinajstić information content (AvgIpc) is 2.29. The molecule has 0 saturated carbocycles. The Morgan fingerprint density at radius 2 is 2.33 bits per heavy atom. The Balaban J connectivity index is 2.30. The van der Waals surface area contributed by atoms with Gasteiger partial charge in [-0.05, 0) is 42.4 Å². The van der Waals surface area contributed by atoms with Crippen LogP contribution in [-0.4, -0.2) is 18.3 Å². The monoisotopic (exact) mass is 205 g/mol. The van der Waals surface area contributed by atoms with E-state index in [1.54, 1.807) is 0 Å². The van der Waals surface area contributed by atoms with Gasteiger partial charge < -0.3 is 10.4 Å². The molecule has 2 rings (SSSR count). The molecular weight excluding hydrogens is 186 g/mol. The molecule has 15 heavy (non-hydrogen) atoms. The molecule has 1 aliphatic rings. The fourth-order valence-corrected chi connectivity index (χ4v) is 2.32. The van der Waals surface area contributed by atoms with E-state index < -0.39 is 0 Å². The predicted octanol–water partition coefficient (Wildman–Crippen LogP) is 2.53. The maximum Gasteiger partial charge on any atom is 0.0436 e. The highest BCUT2D eigenvalue weighted by Gasteiger charge is 2.19. The van der Waals surface area contributed by atoms with E-state index in [9.17, 15) is 0 Å². The van der Waals surface area contributed by atoms with Crippen LogP contribution in [0.2, 0.25) is 0 Å². The van der Waals surface area contributed by atoms with Crippen LogP contribution < -0.4 is 5.32 Å². The molecule has 1 heterocycles. The zero-order chi connectivity index (χ0) is 10.7. The van der Waals surface area contributed by atoms with Crippen LogP contribution in [0.3, 0.4) is 0 Å². The van der Waals surface area contributed by atoms with E-state index >= 15 is 0 Å². The van der Waals surface area contributed by atoms with E-state index in [4.69, 9.17) is 5.11 Å². The quantitative estimate of drug-likeness (QED) is 0.794.